The first-order valence-corrected chi connectivity index (χ1v) is 7.97. The first kappa shape index (κ1) is 22.2. The Balaban J connectivity index is 0.00000242. The lowest BCUT2D eigenvalue weighted by Gasteiger charge is -2.37. The SMILES string of the molecule is CCN(CC)C(CNC(=O)C1(N)CCC1)c1ccccc1.Cl.Cl. The van der Waals surface area contributed by atoms with Crippen LogP contribution in [0.4, 0.5) is 0 Å². The van der Waals surface area contributed by atoms with E-state index < -0.39 is 5.54 Å². The van der Waals surface area contributed by atoms with Gasteiger partial charge in [0.15, 0.2) is 0 Å². The Bertz CT molecular complexity index is 462. The number of hydrogen-bond acceptors (Lipinski definition) is 3. The maximum atomic E-state index is 12.2. The smallest absolute Gasteiger partial charge is 0.240 e. The standard InChI is InChI=1S/C17H27N3O.2ClH/c1-3-20(4-2)15(14-9-6-5-7-10-14)13-19-16(21)17(18)11-8-12-17;;/h5-7,9-10,15H,3-4,8,11-13,18H2,1-2H3,(H,19,21);2*1H. The molecule has 0 bridgehead atoms. The summed E-state index contributed by atoms with van der Waals surface area (Å²) in [6.07, 6.45) is 2.67. The van der Waals surface area contributed by atoms with Crippen LogP contribution in [0.5, 0.6) is 0 Å². The van der Waals surface area contributed by atoms with Crippen LogP contribution < -0.4 is 11.1 Å². The number of nitrogens with one attached hydrogen (secondary N) is 1. The monoisotopic (exact) mass is 361 g/mol. The zero-order chi connectivity index (χ0) is 15.3. The van der Waals surface area contributed by atoms with E-state index in [0.717, 1.165) is 32.4 Å². The predicted molar refractivity (Wildman–Crippen MR) is 100 cm³/mol. The van der Waals surface area contributed by atoms with E-state index in [0.29, 0.717) is 6.54 Å². The minimum absolute atomic E-state index is 0. The number of benzene rings is 1. The third-order valence-electron chi connectivity index (χ3n) is 4.59. The Morgan fingerprint density at radius 2 is 1.78 bits per heavy atom. The molecule has 4 nitrogen and oxygen atoms in total. The molecule has 3 N–H and O–H groups in total. The minimum Gasteiger partial charge on any atom is -0.353 e. The topological polar surface area (TPSA) is 58.4 Å². The summed E-state index contributed by atoms with van der Waals surface area (Å²) >= 11 is 0. The highest BCUT2D eigenvalue weighted by Gasteiger charge is 2.40. The van der Waals surface area contributed by atoms with Gasteiger partial charge in [0.2, 0.25) is 5.91 Å². The van der Waals surface area contributed by atoms with Gasteiger partial charge in [-0.25, -0.2) is 0 Å². The maximum absolute atomic E-state index is 12.2. The fourth-order valence-corrected chi connectivity index (χ4v) is 2.95. The van der Waals surface area contributed by atoms with Crippen molar-refractivity contribution in [2.75, 3.05) is 19.6 Å². The van der Waals surface area contributed by atoms with E-state index in [1.807, 2.05) is 18.2 Å². The molecule has 0 radical (unpaired) electrons. The average molecular weight is 362 g/mol. The first-order valence-electron chi connectivity index (χ1n) is 7.97. The van der Waals surface area contributed by atoms with Crippen LogP contribution in [-0.4, -0.2) is 36.0 Å². The highest BCUT2D eigenvalue weighted by Crippen LogP contribution is 2.29. The quantitative estimate of drug-likeness (QED) is 0.784. The molecule has 1 aromatic carbocycles. The molecule has 1 aromatic rings. The fourth-order valence-electron chi connectivity index (χ4n) is 2.95. The number of nitrogens with two attached hydrogens (primary N) is 1. The zero-order valence-electron chi connectivity index (χ0n) is 14.0. The number of halogens is 2. The van der Waals surface area contributed by atoms with Crippen LogP contribution in [0.15, 0.2) is 30.3 Å². The number of carbonyl (C=O) groups excluding carboxylic acids is 1. The van der Waals surface area contributed by atoms with Crippen LogP contribution in [0.25, 0.3) is 0 Å². The molecule has 1 amide bonds. The van der Waals surface area contributed by atoms with Gasteiger partial charge in [-0.2, -0.15) is 0 Å². The van der Waals surface area contributed by atoms with Crippen LogP contribution in [0.1, 0.15) is 44.7 Å². The summed E-state index contributed by atoms with van der Waals surface area (Å²) in [4.78, 5) is 14.6. The van der Waals surface area contributed by atoms with Gasteiger partial charge < -0.3 is 11.1 Å². The molecule has 0 heterocycles. The molecule has 0 saturated heterocycles. The third kappa shape index (κ3) is 5.35. The van der Waals surface area contributed by atoms with Crippen LogP contribution in [-0.2, 0) is 4.79 Å². The summed E-state index contributed by atoms with van der Waals surface area (Å²) in [6, 6.07) is 10.6. The molecule has 1 unspecified atom stereocenters. The van der Waals surface area contributed by atoms with Crippen molar-refractivity contribution in [3.8, 4) is 0 Å². The van der Waals surface area contributed by atoms with E-state index in [-0.39, 0.29) is 36.8 Å². The Morgan fingerprint density at radius 1 is 1.22 bits per heavy atom. The highest BCUT2D eigenvalue weighted by molar-refractivity contribution is 5.87. The van der Waals surface area contributed by atoms with Gasteiger partial charge in [-0.15, -0.1) is 24.8 Å². The van der Waals surface area contributed by atoms with Gasteiger partial charge in [-0.05, 0) is 37.9 Å². The Hall–Kier alpha value is -0.810. The van der Waals surface area contributed by atoms with Gasteiger partial charge in [-0.1, -0.05) is 44.2 Å². The van der Waals surface area contributed by atoms with Gasteiger partial charge in [0.25, 0.3) is 0 Å². The molecular weight excluding hydrogens is 333 g/mol. The van der Waals surface area contributed by atoms with E-state index >= 15 is 0 Å². The summed E-state index contributed by atoms with van der Waals surface area (Å²) < 4.78 is 0. The lowest BCUT2D eigenvalue weighted by Crippen LogP contribution is -2.59. The summed E-state index contributed by atoms with van der Waals surface area (Å²) in [7, 11) is 0. The number of amides is 1. The number of carbonyl (C=O) groups is 1. The van der Waals surface area contributed by atoms with Gasteiger partial charge in [0, 0.05) is 6.54 Å². The van der Waals surface area contributed by atoms with E-state index in [1.165, 1.54) is 5.56 Å². The molecule has 1 fully saturated rings. The van der Waals surface area contributed by atoms with Crippen molar-refractivity contribution in [1.82, 2.24) is 10.2 Å². The van der Waals surface area contributed by atoms with Crippen molar-refractivity contribution in [2.24, 2.45) is 5.73 Å². The lowest BCUT2D eigenvalue weighted by atomic mass is 9.77. The van der Waals surface area contributed by atoms with Crippen molar-refractivity contribution in [1.29, 1.82) is 0 Å². The molecule has 1 saturated carbocycles. The Morgan fingerprint density at radius 3 is 2.22 bits per heavy atom. The summed E-state index contributed by atoms with van der Waals surface area (Å²) in [5, 5.41) is 3.07. The third-order valence-corrected chi connectivity index (χ3v) is 4.59. The van der Waals surface area contributed by atoms with Gasteiger partial charge in [0.1, 0.15) is 0 Å². The van der Waals surface area contributed by atoms with Crippen LogP contribution in [0, 0.1) is 0 Å². The molecule has 0 aliphatic heterocycles. The van der Waals surface area contributed by atoms with Gasteiger partial charge >= 0.3 is 0 Å². The second-order valence-corrected chi connectivity index (χ2v) is 5.87. The fraction of sp³-hybridized carbons (Fsp3) is 0.588. The summed E-state index contributed by atoms with van der Waals surface area (Å²) in [5.74, 6) is 0.00170. The molecular formula is C17H29Cl2N3O. The van der Waals surface area contributed by atoms with E-state index in [2.05, 4.69) is 36.2 Å². The zero-order valence-corrected chi connectivity index (χ0v) is 15.6. The van der Waals surface area contributed by atoms with Crippen molar-refractivity contribution < 1.29 is 4.79 Å². The largest absolute Gasteiger partial charge is 0.353 e. The molecule has 2 rings (SSSR count). The second kappa shape index (κ2) is 10.1. The Labute approximate surface area is 152 Å². The lowest BCUT2D eigenvalue weighted by molar-refractivity contribution is -0.129. The minimum atomic E-state index is -0.621. The maximum Gasteiger partial charge on any atom is 0.240 e. The first-order chi connectivity index (χ1) is 10.1. The molecule has 6 heteroatoms. The van der Waals surface area contributed by atoms with E-state index in [4.69, 9.17) is 5.73 Å². The number of rotatable bonds is 7. The summed E-state index contributed by atoms with van der Waals surface area (Å²) in [5.41, 5.74) is 6.70. The average Bonchev–Trinajstić information content (AvgIpc) is 2.49. The van der Waals surface area contributed by atoms with Crippen LogP contribution in [0.3, 0.4) is 0 Å². The van der Waals surface area contributed by atoms with E-state index in [1.54, 1.807) is 0 Å². The molecule has 1 aliphatic carbocycles. The molecule has 0 spiro atoms. The number of hydrogen-bond donors (Lipinski definition) is 2. The summed E-state index contributed by atoms with van der Waals surface area (Å²) in [6.45, 7) is 6.83. The van der Waals surface area contributed by atoms with Crippen LogP contribution >= 0.6 is 24.8 Å². The molecule has 23 heavy (non-hydrogen) atoms. The normalized spacial score (nSPS) is 16.5. The Kier molecular flexibility index (Phi) is 9.78. The molecule has 1 atom stereocenters. The molecule has 1 aliphatic rings. The predicted octanol–water partition coefficient (Wildman–Crippen LogP) is 2.91. The van der Waals surface area contributed by atoms with Crippen molar-refractivity contribution in [2.45, 2.75) is 44.7 Å². The van der Waals surface area contributed by atoms with Gasteiger partial charge in [0.05, 0.1) is 11.6 Å². The molecule has 132 valence electrons. The number of likely N-dealkylation sites (N-methyl/N-ethyl adjacent to an activating group) is 1. The highest BCUT2D eigenvalue weighted by atomic mass is 35.5. The van der Waals surface area contributed by atoms with Crippen molar-refractivity contribution >= 4 is 30.7 Å². The van der Waals surface area contributed by atoms with Crippen molar-refractivity contribution in [3.05, 3.63) is 35.9 Å². The van der Waals surface area contributed by atoms with Crippen molar-refractivity contribution in [3.63, 3.8) is 0 Å². The van der Waals surface area contributed by atoms with Gasteiger partial charge in [-0.3, -0.25) is 9.69 Å². The second-order valence-electron chi connectivity index (χ2n) is 5.87. The van der Waals surface area contributed by atoms with Crippen LogP contribution in [0.2, 0.25) is 0 Å². The number of nitrogens with zero attached hydrogens (tertiary/aromatic N) is 1. The molecule has 0 aromatic heterocycles. The van der Waals surface area contributed by atoms with E-state index in [9.17, 15) is 4.79 Å².